The average Bonchev–Trinajstić information content (AvgIpc) is 2.36. The van der Waals surface area contributed by atoms with Crippen LogP contribution in [0.25, 0.3) is 0 Å². The summed E-state index contributed by atoms with van der Waals surface area (Å²) in [4.78, 5) is 31.9. The fourth-order valence-corrected chi connectivity index (χ4v) is 2.52. The van der Waals surface area contributed by atoms with E-state index in [-0.39, 0.29) is 11.7 Å². The minimum absolute atomic E-state index is 0.150. The van der Waals surface area contributed by atoms with E-state index in [4.69, 9.17) is 24.5 Å². The Morgan fingerprint density at radius 3 is 1.78 bits per heavy atom. The van der Waals surface area contributed by atoms with Gasteiger partial charge in [0, 0.05) is 13.1 Å². The van der Waals surface area contributed by atoms with Gasteiger partial charge in [-0.3, -0.25) is 0 Å². The standard InChI is InChI=1S/C13H24N2O2.C2H2O4/c1-13(2,3)17-12(16)15-6-4-10(5-7-15)11-8-14-9-11;3-1(4)2(5)6/h10-11,14H,4-9H2,1-3H3;(H,3,4)(H,5,6). The van der Waals surface area contributed by atoms with E-state index in [2.05, 4.69) is 5.32 Å². The summed E-state index contributed by atoms with van der Waals surface area (Å²) in [5, 5.41) is 18.1. The van der Waals surface area contributed by atoms with Gasteiger partial charge < -0.3 is 25.2 Å². The largest absolute Gasteiger partial charge is 0.473 e. The number of carboxylic acids is 2. The number of rotatable bonds is 1. The van der Waals surface area contributed by atoms with Gasteiger partial charge >= 0.3 is 18.0 Å². The fraction of sp³-hybridized carbons (Fsp3) is 0.800. The predicted molar refractivity (Wildman–Crippen MR) is 82.2 cm³/mol. The molecule has 2 rings (SSSR count). The average molecular weight is 330 g/mol. The van der Waals surface area contributed by atoms with E-state index in [0.29, 0.717) is 0 Å². The number of ether oxygens (including phenoxy) is 1. The second-order valence-electron chi connectivity index (χ2n) is 6.83. The molecule has 0 aromatic rings. The van der Waals surface area contributed by atoms with Gasteiger partial charge in [-0.15, -0.1) is 0 Å². The summed E-state index contributed by atoms with van der Waals surface area (Å²) < 4.78 is 5.39. The molecule has 0 spiro atoms. The highest BCUT2D eigenvalue weighted by Crippen LogP contribution is 2.28. The quantitative estimate of drug-likeness (QED) is 0.614. The third-order valence-corrected chi connectivity index (χ3v) is 3.85. The lowest BCUT2D eigenvalue weighted by Crippen LogP contribution is -2.50. The third kappa shape index (κ3) is 6.85. The number of carboxylic acid groups (broad SMARTS) is 2. The van der Waals surface area contributed by atoms with Gasteiger partial charge in [0.15, 0.2) is 0 Å². The van der Waals surface area contributed by atoms with Crippen LogP contribution >= 0.6 is 0 Å². The van der Waals surface area contributed by atoms with Crippen molar-refractivity contribution in [2.75, 3.05) is 26.2 Å². The Morgan fingerprint density at radius 2 is 1.48 bits per heavy atom. The van der Waals surface area contributed by atoms with Gasteiger partial charge in [-0.05, 0) is 58.5 Å². The molecule has 2 heterocycles. The van der Waals surface area contributed by atoms with E-state index >= 15 is 0 Å². The number of aliphatic carboxylic acids is 2. The van der Waals surface area contributed by atoms with Gasteiger partial charge in [0.25, 0.3) is 0 Å². The highest BCUT2D eigenvalue weighted by Gasteiger charge is 2.32. The molecule has 132 valence electrons. The molecule has 8 nitrogen and oxygen atoms in total. The summed E-state index contributed by atoms with van der Waals surface area (Å²) in [7, 11) is 0. The Balaban J connectivity index is 0.000000379. The smallest absolute Gasteiger partial charge is 0.414 e. The number of hydrogen-bond donors (Lipinski definition) is 3. The summed E-state index contributed by atoms with van der Waals surface area (Å²) >= 11 is 0. The normalized spacial score (nSPS) is 19.2. The minimum atomic E-state index is -1.82. The maximum atomic E-state index is 11.9. The zero-order valence-corrected chi connectivity index (χ0v) is 13.9. The predicted octanol–water partition coefficient (Wildman–Crippen LogP) is 1.01. The summed E-state index contributed by atoms with van der Waals surface area (Å²) in [5.41, 5.74) is -0.383. The molecule has 3 N–H and O–H groups in total. The Bertz CT molecular complexity index is 422. The van der Waals surface area contributed by atoms with Crippen LogP contribution in [0.1, 0.15) is 33.6 Å². The molecule has 0 aromatic carbocycles. The number of nitrogens with zero attached hydrogens (tertiary/aromatic N) is 1. The van der Waals surface area contributed by atoms with Crippen molar-refractivity contribution in [3.8, 4) is 0 Å². The van der Waals surface area contributed by atoms with Crippen LogP contribution in [0.15, 0.2) is 0 Å². The lowest BCUT2D eigenvalue weighted by Gasteiger charge is -2.40. The second-order valence-corrected chi connectivity index (χ2v) is 6.83. The molecule has 0 aliphatic carbocycles. The van der Waals surface area contributed by atoms with Crippen molar-refractivity contribution in [3.63, 3.8) is 0 Å². The van der Waals surface area contributed by atoms with Gasteiger partial charge in [-0.2, -0.15) is 0 Å². The van der Waals surface area contributed by atoms with Crippen LogP contribution in [0.3, 0.4) is 0 Å². The highest BCUT2D eigenvalue weighted by atomic mass is 16.6. The number of nitrogens with one attached hydrogen (secondary N) is 1. The Hall–Kier alpha value is -1.83. The maximum absolute atomic E-state index is 11.9. The van der Waals surface area contributed by atoms with Crippen molar-refractivity contribution in [1.29, 1.82) is 0 Å². The van der Waals surface area contributed by atoms with Crippen LogP contribution in [0.2, 0.25) is 0 Å². The molecule has 1 amide bonds. The lowest BCUT2D eigenvalue weighted by atomic mass is 9.81. The molecule has 0 aromatic heterocycles. The summed E-state index contributed by atoms with van der Waals surface area (Å²) in [5.74, 6) is -2.00. The zero-order chi connectivity index (χ0) is 17.6. The number of carbonyl (C=O) groups is 3. The highest BCUT2D eigenvalue weighted by molar-refractivity contribution is 6.27. The third-order valence-electron chi connectivity index (χ3n) is 3.85. The number of amides is 1. The first kappa shape index (κ1) is 19.2. The van der Waals surface area contributed by atoms with Crippen molar-refractivity contribution < 1.29 is 29.3 Å². The molecule has 23 heavy (non-hydrogen) atoms. The zero-order valence-electron chi connectivity index (χ0n) is 13.9. The molecule has 0 atom stereocenters. The molecule has 0 saturated carbocycles. The van der Waals surface area contributed by atoms with Gasteiger partial charge in [-0.1, -0.05) is 0 Å². The summed E-state index contributed by atoms with van der Waals surface area (Å²) in [6.45, 7) is 9.79. The van der Waals surface area contributed by atoms with E-state index in [9.17, 15) is 4.79 Å². The van der Waals surface area contributed by atoms with Crippen molar-refractivity contribution >= 4 is 18.0 Å². The number of piperidine rings is 1. The molecule has 2 fully saturated rings. The molecule has 0 radical (unpaired) electrons. The van der Waals surface area contributed by atoms with Crippen molar-refractivity contribution in [2.45, 2.75) is 39.2 Å². The molecule has 0 unspecified atom stereocenters. The van der Waals surface area contributed by atoms with Crippen LogP contribution in [-0.2, 0) is 14.3 Å². The Morgan fingerprint density at radius 1 is 1.00 bits per heavy atom. The van der Waals surface area contributed by atoms with Crippen molar-refractivity contribution in [2.24, 2.45) is 11.8 Å². The van der Waals surface area contributed by atoms with E-state index in [1.165, 1.54) is 0 Å². The SMILES string of the molecule is CC(C)(C)OC(=O)N1CCC(C2CNC2)CC1.O=C(O)C(=O)O. The minimum Gasteiger partial charge on any atom is -0.473 e. The van der Waals surface area contributed by atoms with E-state index in [0.717, 1.165) is 50.9 Å². The van der Waals surface area contributed by atoms with Crippen LogP contribution in [0.5, 0.6) is 0 Å². The monoisotopic (exact) mass is 330 g/mol. The van der Waals surface area contributed by atoms with Crippen molar-refractivity contribution in [3.05, 3.63) is 0 Å². The molecule has 8 heteroatoms. The number of carbonyl (C=O) groups excluding carboxylic acids is 1. The summed E-state index contributed by atoms with van der Waals surface area (Å²) in [6.07, 6.45) is 2.11. The number of hydrogen-bond acceptors (Lipinski definition) is 5. The first-order chi connectivity index (χ1) is 10.6. The van der Waals surface area contributed by atoms with E-state index < -0.39 is 11.9 Å². The van der Waals surface area contributed by atoms with Crippen LogP contribution in [0.4, 0.5) is 4.79 Å². The van der Waals surface area contributed by atoms with Gasteiger partial charge in [0.05, 0.1) is 0 Å². The van der Waals surface area contributed by atoms with E-state index in [1.54, 1.807) is 0 Å². The van der Waals surface area contributed by atoms with Crippen LogP contribution < -0.4 is 5.32 Å². The van der Waals surface area contributed by atoms with Crippen LogP contribution in [0, 0.1) is 11.8 Å². The van der Waals surface area contributed by atoms with Crippen LogP contribution in [-0.4, -0.2) is 64.9 Å². The fourth-order valence-electron chi connectivity index (χ4n) is 2.52. The Kier molecular flexibility index (Phi) is 6.80. The van der Waals surface area contributed by atoms with Gasteiger partial charge in [-0.25, -0.2) is 14.4 Å². The molecule has 2 aliphatic heterocycles. The first-order valence-electron chi connectivity index (χ1n) is 7.75. The van der Waals surface area contributed by atoms with Crippen molar-refractivity contribution in [1.82, 2.24) is 10.2 Å². The molecule has 2 aliphatic rings. The Labute approximate surface area is 135 Å². The molecule has 2 saturated heterocycles. The molecule has 0 bridgehead atoms. The summed E-state index contributed by atoms with van der Waals surface area (Å²) in [6, 6.07) is 0. The second kappa shape index (κ2) is 8.14. The van der Waals surface area contributed by atoms with Gasteiger partial charge in [0.2, 0.25) is 0 Å². The molecular formula is C15H26N2O6. The topological polar surface area (TPSA) is 116 Å². The first-order valence-corrected chi connectivity index (χ1v) is 7.75. The molecular weight excluding hydrogens is 304 g/mol. The lowest BCUT2D eigenvalue weighted by molar-refractivity contribution is -0.159. The van der Waals surface area contributed by atoms with E-state index in [1.807, 2.05) is 25.7 Å². The maximum Gasteiger partial charge on any atom is 0.414 e. The van der Waals surface area contributed by atoms with Gasteiger partial charge in [0.1, 0.15) is 5.60 Å². The number of likely N-dealkylation sites (tertiary alicyclic amines) is 1.